The fraction of sp³-hybridized carbons (Fsp3) is 0.889. The van der Waals surface area contributed by atoms with Gasteiger partial charge in [-0.1, -0.05) is 65.7 Å². The van der Waals surface area contributed by atoms with E-state index >= 15 is 0 Å². The van der Waals surface area contributed by atoms with E-state index in [2.05, 4.69) is 39.5 Å². The first-order chi connectivity index (χ1) is 9.02. The van der Waals surface area contributed by atoms with Gasteiger partial charge in [0.05, 0.1) is 0 Å². The van der Waals surface area contributed by atoms with Crippen molar-refractivity contribution in [2.45, 2.75) is 85.5 Å². The van der Waals surface area contributed by atoms with Crippen molar-refractivity contribution in [3.05, 3.63) is 0 Å². The highest BCUT2D eigenvalue weighted by Gasteiger charge is 2.21. The minimum Gasteiger partial charge on any atom is -0.127 e. The Labute approximate surface area is 126 Å². The van der Waals surface area contributed by atoms with E-state index in [0.717, 1.165) is 25.1 Å². The average molecular weight is 285 g/mol. The first-order valence-electron chi connectivity index (χ1n) is 8.06. The molecule has 0 aromatic heterocycles. The molecule has 1 heteroatoms. The highest BCUT2D eigenvalue weighted by atomic mass is 35.5. The molecule has 0 aliphatic rings. The number of hydrogen-bond acceptors (Lipinski definition) is 0. The zero-order valence-electron chi connectivity index (χ0n) is 13.5. The van der Waals surface area contributed by atoms with Gasteiger partial charge in [-0.25, -0.2) is 0 Å². The number of halogens is 1. The summed E-state index contributed by atoms with van der Waals surface area (Å²) in [5.41, 5.74) is 0.310. The smallest absolute Gasteiger partial charge is 0.0251 e. The quantitative estimate of drug-likeness (QED) is 0.260. The fourth-order valence-electron chi connectivity index (χ4n) is 2.18. The highest BCUT2D eigenvalue weighted by Crippen LogP contribution is 2.30. The Bertz CT molecular complexity index is 251. The first kappa shape index (κ1) is 18.9. The topological polar surface area (TPSA) is 0 Å². The van der Waals surface area contributed by atoms with Crippen LogP contribution in [0.25, 0.3) is 0 Å². The summed E-state index contributed by atoms with van der Waals surface area (Å²) < 4.78 is 0. The van der Waals surface area contributed by atoms with Gasteiger partial charge in [-0.2, -0.15) is 0 Å². The third kappa shape index (κ3) is 11.4. The van der Waals surface area contributed by atoms with Crippen LogP contribution in [0, 0.1) is 23.2 Å². The van der Waals surface area contributed by atoms with Gasteiger partial charge in [0.1, 0.15) is 0 Å². The zero-order chi connectivity index (χ0) is 14.6. The third-order valence-electron chi connectivity index (χ3n) is 3.60. The molecule has 112 valence electrons. The molecule has 0 saturated carbocycles. The van der Waals surface area contributed by atoms with Crippen molar-refractivity contribution in [1.29, 1.82) is 0 Å². The summed E-state index contributed by atoms with van der Waals surface area (Å²) in [4.78, 5) is 0. The largest absolute Gasteiger partial charge is 0.127 e. The standard InChI is InChI=1S/C18H33Cl/c1-5-6-7-8-11-14-17(18(2,3)4)15-12-9-10-13-16-19/h17H,5-11,13-14,16H2,1-4H3. The molecule has 0 amide bonds. The van der Waals surface area contributed by atoms with Crippen LogP contribution in [0.3, 0.4) is 0 Å². The molecule has 0 saturated heterocycles. The first-order valence-corrected chi connectivity index (χ1v) is 8.60. The third-order valence-corrected chi connectivity index (χ3v) is 3.87. The molecule has 0 nitrogen and oxygen atoms in total. The number of hydrogen-bond donors (Lipinski definition) is 0. The molecule has 0 aromatic rings. The lowest BCUT2D eigenvalue weighted by Gasteiger charge is -2.26. The highest BCUT2D eigenvalue weighted by molar-refractivity contribution is 6.17. The second-order valence-electron chi connectivity index (χ2n) is 6.59. The van der Waals surface area contributed by atoms with Gasteiger partial charge in [0.15, 0.2) is 0 Å². The molecule has 0 aromatic carbocycles. The maximum atomic E-state index is 5.68. The van der Waals surface area contributed by atoms with Crippen molar-refractivity contribution in [2.24, 2.45) is 11.3 Å². The maximum Gasteiger partial charge on any atom is 0.0251 e. The van der Waals surface area contributed by atoms with Crippen LogP contribution in [-0.2, 0) is 0 Å². The molecule has 19 heavy (non-hydrogen) atoms. The van der Waals surface area contributed by atoms with Gasteiger partial charge in [-0.15, -0.1) is 17.5 Å². The van der Waals surface area contributed by atoms with Crippen molar-refractivity contribution >= 4 is 11.6 Å². The Hall–Kier alpha value is -0.150. The molecule has 0 aliphatic carbocycles. The van der Waals surface area contributed by atoms with E-state index in [1.807, 2.05) is 0 Å². The van der Waals surface area contributed by atoms with Crippen LogP contribution in [0.5, 0.6) is 0 Å². The Balaban J connectivity index is 4.03. The van der Waals surface area contributed by atoms with Gasteiger partial charge < -0.3 is 0 Å². The summed E-state index contributed by atoms with van der Waals surface area (Å²) in [6, 6.07) is 0. The fourth-order valence-corrected chi connectivity index (χ4v) is 2.37. The average Bonchev–Trinajstić information content (AvgIpc) is 2.34. The zero-order valence-corrected chi connectivity index (χ0v) is 14.3. The molecule has 0 spiro atoms. The van der Waals surface area contributed by atoms with Crippen LogP contribution < -0.4 is 0 Å². The van der Waals surface area contributed by atoms with Gasteiger partial charge in [-0.05, 0) is 24.7 Å². The maximum absolute atomic E-state index is 5.68. The number of rotatable bonds is 9. The molecule has 0 aliphatic heterocycles. The lowest BCUT2D eigenvalue weighted by atomic mass is 9.78. The second-order valence-corrected chi connectivity index (χ2v) is 6.97. The summed E-state index contributed by atoms with van der Waals surface area (Å²) >= 11 is 5.68. The SMILES string of the molecule is CCCCCCCC(C#CCCCCCl)C(C)(C)C. The van der Waals surface area contributed by atoms with Crippen LogP contribution in [-0.4, -0.2) is 5.88 Å². The van der Waals surface area contributed by atoms with E-state index in [9.17, 15) is 0 Å². The van der Waals surface area contributed by atoms with Crippen LogP contribution in [0.4, 0.5) is 0 Å². The normalized spacial score (nSPS) is 12.9. The van der Waals surface area contributed by atoms with E-state index in [1.54, 1.807) is 0 Å². The lowest BCUT2D eigenvalue weighted by molar-refractivity contribution is 0.281. The molecule has 0 radical (unpaired) electrons. The van der Waals surface area contributed by atoms with Crippen molar-refractivity contribution < 1.29 is 0 Å². The Morgan fingerprint density at radius 3 is 2.21 bits per heavy atom. The van der Waals surface area contributed by atoms with E-state index in [-0.39, 0.29) is 0 Å². The molecule has 0 N–H and O–H groups in total. The molecular weight excluding hydrogens is 252 g/mol. The Morgan fingerprint density at radius 1 is 0.947 bits per heavy atom. The summed E-state index contributed by atoms with van der Waals surface area (Å²) in [5, 5.41) is 0. The summed E-state index contributed by atoms with van der Waals surface area (Å²) in [6.45, 7) is 9.22. The molecule has 1 unspecified atom stereocenters. The molecular formula is C18H33Cl. The van der Waals surface area contributed by atoms with E-state index in [1.165, 1.54) is 38.5 Å². The van der Waals surface area contributed by atoms with Crippen LogP contribution in [0.15, 0.2) is 0 Å². The van der Waals surface area contributed by atoms with E-state index < -0.39 is 0 Å². The molecule has 0 heterocycles. The van der Waals surface area contributed by atoms with Gasteiger partial charge in [-0.3, -0.25) is 0 Å². The Kier molecular flexibility index (Phi) is 11.6. The summed E-state index contributed by atoms with van der Waals surface area (Å²) in [5.74, 6) is 8.20. The molecule has 0 rings (SSSR count). The van der Waals surface area contributed by atoms with Crippen molar-refractivity contribution in [1.82, 2.24) is 0 Å². The van der Waals surface area contributed by atoms with Crippen molar-refractivity contribution in [3.63, 3.8) is 0 Å². The lowest BCUT2D eigenvalue weighted by Crippen LogP contribution is -2.18. The Morgan fingerprint density at radius 2 is 1.63 bits per heavy atom. The van der Waals surface area contributed by atoms with Crippen molar-refractivity contribution in [3.8, 4) is 11.8 Å². The second kappa shape index (κ2) is 11.7. The molecule has 0 bridgehead atoms. The minimum absolute atomic E-state index is 0.310. The van der Waals surface area contributed by atoms with Gasteiger partial charge in [0.25, 0.3) is 0 Å². The van der Waals surface area contributed by atoms with Gasteiger partial charge in [0.2, 0.25) is 0 Å². The van der Waals surface area contributed by atoms with Crippen LogP contribution >= 0.6 is 11.6 Å². The van der Waals surface area contributed by atoms with E-state index in [0.29, 0.717) is 11.3 Å². The summed E-state index contributed by atoms with van der Waals surface area (Å²) in [6.07, 6.45) is 11.3. The molecule has 1 atom stereocenters. The molecule has 0 fully saturated rings. The number of unbranched alkanes of at least 4 members (excludes halogenated alkanes) is 6. The number of alkyl halides is 1. The van der Waals surface area contributed by atoms with Crippen molar-refractivity contribution in [2.75, 3.05) is 5.88 Å². The minimum atomic E-state index is 0.310. The predicted octanol–water partition coefficient (Wildman–Crippen LogP) is 6.42. The van der Waals surface area contributed by atoms with Crippen LogP contribution in [0.2, 0.25) is 0 Å². The van der Waals surface area contributed by atoms with Gasteiger partial charge >= 0.3 is 0 Å². The van der Waals surface area contributed by atoms with E-state index in [4.69, 9.17) is 11.6 Å². The monoisotopic (exact) mass is 284 g/mol. The van der Waals surface area contributed by atoms with Gasteiger partial charge in [0, 0.05) is 18.2 Å². The predicted molar refractivity (Wildman–Crippen MR) is 88.7 cm³/mol. The summed E-state index contributed by atoms with van der Waals surface area (Å²) in [7, 11) is 0. The van der Waals surface area contributed by atoms with Crippen LogP contribution in [0.1, 0.15) is 85.5 Å².